The number of aryl methyl sites for hydroxylation is 1. The van der Waals surface area contributed by atoms with Gasteiger partial charge in [0.25, 0.3) is 0 Å². The molecule has 1 saturated carbocycles. The van der Waals surface area contributed by atoms with E-state index in [-0.39, 0.29) is 5.54 Å². The summed E-state index contributed by atoms with van der Waals surface area (Å²) < 4.78 is 0. The number of hydrogen-bond donors (Lipinski definition) is 1. The second-order valence-corrected chi connectivity index (χ2v) is 7.16. The lowest BCUT2D eigenvalue weighted by Gasteiger charge is -2.42. The maximum absolute atomic E-state index is 6.64. The third kappa shape index (κ3) is 2.77. The van der Waals surface area contributed by atoms with Crippen molar-refractivity contribution in [3.05, 3.63) is 35.4 Å². The molecule has 1 aromatic carbocycles. The van der Waals surface area contributed by atoms with Gasteiger partial charge in [0.2, 0.25) is 0 Å². The minimum Gasteiger partial charge on any atom is -0.321 e. The first-order valence-corrected chi connectivity index (χ1v) is 7.17. The Morgan fingerprint density at radius 2 is 1.56 bits per heavy atom. The van der Waals surface area contributed by atoms with E-state index in [9.17, 15) is 0 Å². The summed E-state index contributed by atoms with van der Waals surface area (Å²) in [5.74, 6) is 0.819. The molecule has 1 fully saturated rings. The molecule has 0 aromatic heterocycles. The molecular formula is C17H27N. The van der Waals surface area contributed by atoms with Crippen LogP contribution >= 0.6 is 0 Å². The summed E-state index contributed by atoms with van der Waals surface area (Å²) in [4.78, 5) is 0. The summed E-state index contributed by atoms with van der Waals surface area (Å²) >= 11 is 0. The molecule has 1 nitrogen and oxygen atoms in total. The molecule has 2 N–H and O–H groups in total. The Labute approximate surface area is 112 Å². The molecule has 18 heavy (non-hydrogen) atoms. The summed E-state index contributed by atoms with van der Waals surface area (Å²) in [5, 5.41) is 0. The maximum atomic E-state index is 6.64. The van der Waals surface area contributed by atoms with Crippen molar-refractivity contribution in [2.24, 2.45) is 17.1 Å². The SMILES string of the molecule is Cc1ccc(C2(N)CCC(C(C)(C)C)CC2)cc1. The van der Waals surface area contributed by atoms with Crippen LogP contribution in [0.15, 0.2) is 24.3 Å². The Morgan fingerprint density at radius 1 is 1.06 bits per heavy atom. The van der Waals surface area contributed by atoms with Crippen molar-refractivity contribution in [3.8, 4) is 0 Å². The average molecular weight is 245 g/mol. The molecule has 0 amide bonds. The van der Waals surface area contributed by atoms with E-state index in [2.05, 4.69) is 52.0 Å². The van der Waals surface area contributed by atoms with Crippen LogP contribution in [0.3, 0.4) is 0 Å². The Morgan fingerprint density at radius 3 is 2.00 bits per heavy atom. The van der Waals surface area contributed by atoms with Crippen molar-refractivity contribution in [1.29, 1.82) is 0 Å². The first kappa shape index (κ1) is 13.6. The van der Waals surface area contributed by atoms with Crippen LogP contribution in [0.2, 0.25) is 0 Å². The number of rotatable bonds is 1. The topological polar surface area (TPSA) is 26.0 Å². The molecule has 0 bridgehead atoms. The van der Waals surface area contributed by atoms with Crippen LogP contribution in [0.25, 0.3) is 0 Å². The van der Waals surface area contributed by atoms with Gasteiger partial charge in [-0.25, -0.2) is 0 Å². The molecule has 0 saturated heterocycles. The number of benzene rings is 1. The number of hydrogen-bond acceptors (Lipinski definition) is 1. The van der Waals surface area contributed by atoms with Gasteiger partial charge in [0.1, 0.15) is 0 Å². The van der Waals surface area contributed by atoms with Crippen molar-refractivity contribution in [3.63, 3.8) is 0 Å². The zero-order valence-corrected chi connectivity index (χ0v) is 12.3. The molecule has 0 radical (unpaired) electrons. The van der Waals surface area contributed by atoms with Crippen LogP contribution < -0.4 is 5.73 Å². The quantitative estimate of drug-likeness (QED) is 0.780. The van der Waals surface area contributed by atoms with Crippen LogP contribution in [-0.4, -0.2) is 0 Å². The lowest BCUT2D eigenvalue weighted by molar-refractivity contribution is 0.134. The minimum atomic E-state index is -0.0878. The van der Waals surface area contributed by atoms with Crippen molar-refractivity contribution in [1.82, 2.24) is 0 Å². The molecule has 1 aliphatic rings. The van der Waals surface area contributed by atoms with Crippen LogP contribution in [0.5, 0.6) is 0 Å². The van der Waals surface area contributed by atoms with Gasteiger partial charge in [0, 0.05) is 5.54 Å². The predicted octanol–water partition coefficient (Wildman–Crippen LogP) is 4.39. The second kappa shape index (κ2) is 4.70. The Balaban J connectivity index is 2.10. The van der Waals surface area contributed by atoms with E-state index in [0.29, 0.717) is 5.41 Å². The lowest BCUT2D eigenvalue weighted by Crippen LogP contribution is -2.42. The van der Waals surface area contributed by atoms with Gasteiger partial charge in [0.15, 0.2) is 0 Å². The fraction of sp³-hybridized carbons (Fsp3) is 0.647. The van der Waals surface area contributed by atoms with Crippen LogP contribution in [0.4, 0.5) is 0 Å². The lowest BCUT2D eigenvalue weighted by atomic mass is 9.66. The van der Waals surface area contributed by atoms with Crippen LogP contribution in [-0.2, 0) is 5.54 Å². The minimum absolute atomic E-state index is 0.0878. The highest BCUT2D eigenvalue weighted by Crippen LogP contribution is 2.44. The fourth-order valence-electron chi connectivity index (χ4n) is 3.17. The zero-order chi connectivity index (χ0) is 13.4. The monoisotopic (exact) mass is 245 g/mol. The first-order chi connectivity index (χ1) is 8.31. The van der Waals surface area contributed by atoms with E-state index in [1.54, 1.807) is 0 Å². The molecule has 2 rings (SSSR count). The first-order valence-electron chi connectivity index (χ1n) is 7.17. The van der Waals surface area contributed by atoms with Gasteiger partial charge in [-0.2, -0.15) is 0 Å². The normalized spacial score (nSPS) is 29.3. The predicted molar refractivity (Wildman–Crippen MR) is 78.5 cm³/mol. The van der Waals surface area contributed by atoms with E-state index in [0.717, 1.165) is 18.8 Å². The van der Waals surface area contributed by atoms with Gasteiger partial charge in [0.05, 0.1) is 0 Å². The highest BCUT2D eigenvalue weighted by molar-refractivity contribution is 5.28. The van der Waals surface area contributed by atoms with Crippen molar-refractivity contribution < 1.29 is 0 Å². The second-order valence-electron chi connectivity index (χ2n) is 7.16. The van der Waals surface area contributed by atoms with Crippen molar-refractivity contribution in [2.75, 3.05) is 0 Å². The summed E-state index contributed by atoms with van der Waals surface area (Å²) in [7, 11) is 0. The van der Waals surface area contributed by atoms with Gasteiger partial charge in [-0.05, 0) is 49.5 Å². The van der Waals surface area contributed by atoms with Crippen LogP contribution in [0, 0.1) is 18.3 Å². The third-order valence-electron chi connectivity index (χ3n) is 4.73. The smallest absolute Gasteiger partial charge is 0.0409 e. The summed E-state index contributed by atoms with van der Waals surface area (Å²) in [6.45, 7) is 9.19. The Kier molecular flexibility index (Phi) is 3.55. The molecule has 0 atom stereocenters. The molecule has 1 aliphatic carbocycles. The standard InChI is InChI=1S/C17H27N/c1-13-5-7-15(8-6-13)17(18)11-9-14(10-12-17)16(2,3)4/h5-8,14H,9-12,18H2,1-4H3. The van der Waals surface area contributed by atoms with Crippen LogP contribution in [0.1, 0.15) is 57.6 Å². The van der Waals surface area contributed by atoms with Crippen molar-refractivity contribution >= 4 is 0 Å². The van der Waals surface area contributed by atoms with Gasteiger partial charge in [-0.15, -0.1) is 0 Å². The molecule has 0 spiro atoms. The molecule has 0 aliphatic heterocycles. The van der Waals surface area contributed by atoms with E-state index in [1.807, 2.05) is 0 Å². The molecule has 1 heteroatoms. The van der Waals surface area contributed by atoms with Gasteiger partial charge < -0.3 is 5.73 Å². The molecule has 1 aromatic rings. The highest BCUT2D eigenvalue weighted by atomic mass is 14.7. The molecule has 0 heterocycles. The maximum Gasteiger partial charge on any atom is 0.0409 e. The average Bonchev–Trinajstić information content (AvgIpc) is 2.29. The molecule has 100 valence electrons. The van der Waals surface area contributed by atoms with Crippen molar-refractivity contribution in [2.45, 2.75) is 58.9 Å². The highest BCUT2D eigenvalue weighted by Gasteiger charge is 2.37. The summed E-state index contributed by atoms with van der Waals surface area (Å²) in [6.07, 6.45) is 4.76. The summed E-state index contributed by atoms with van der Waals surface area (Å²) in [6, 6.07) is 8.79. The Bertz CT molecular complexity index is 389. The number of nitrogens with two attached hydrogens (primary N) is 1. The van der Waals surface area contributed by atoms with E-state index in [4.69, 9.17) is 5.73 Å². The molecular weight excluding hydrogens is 218 g/mol. The van der Waals surface area contributed by atoms with Gasteiger partial charge in [-0.1, -0.05) is 50.6 Å². The van der Waals surface area contributed by atoms with Gasteiger partial charge >= 0.3 is 0 Å². The summed E-state index contributed by atoms with van der Waals surface area (Å²) in [5.41, 5.74) is 9.60. The van der Waals surface area contributed by atoms with E-state index < -0.39 is 0 Å². The Hall–Kier alpha value is -0.820. The zero-order valence-electron chi connectivity index (χ0n) is 12.3. The molecule has 0 unspecified atom stereocenters. The third-order valence-corrected chi connectivity index (χ3v) is 4.73. The van der Waals surface area contributed by atoms with Gasteiger partial charge in [-0.3, -0.25) is 0 Å². The fourth-order valence-corrected chi connectivity index (χ4v) is 3.17. The van der Waals surface area contributed by atoms with E-state index in [1.165, 1.54) is 24.0 Å². The van der Waals surface area contributed by atoms with E-state index >= 15 is 0 Å². The largest absolute Gasteiger partial charge is 0.321 e.